The van der Waals surface area contributed by atoms with E-state index >= 15 is 0 Å². The number of anilines is 1. The van der Waals surface area contributed by atoms with Crippen molar-refractivity contribution in [2.45, 2.75) is 41.5 Å². The van der Waals surface area contributed by atoms with Crippen LogP contribution in [0.4, 0.5) is 5.13 Å². The molecule has 0 aliphatic rings. The van der Waals surface area contributed by atoms with Crippen molar-refractivity contribution in [1.29, 1.82) is 0 Å². The minimum atomic E-state index is -0.440. The van der Waals surface area contributed by atoms with Gasteiger partial charge in [0.1, 0.15) is 0 Å². The lowest BCUT2D eigenvalue weighted by Crippen LogP contribution is -2.27. The fourth-order valence-electron chi connectivity index (χ4n) is 3.09. The number of fused-ring (bicyclic) bond motifs is 1. The normalized spacial score (nSPS) is 11.8. The van der Waals surface area contributed by atoms with Gasteiger partial charge < -0.3 is 5.32 Å². The number of nitrogens with one attached hydrogen (secondary N) is 1. The fourth-order valence-corrected chi connectivity index (χ4v) is 3.98. The number of para-hydroxylation sites is 1. The number of aryl methyl sites for hydroxylation is 3. The highest BCUT2D eigenvalue weighted by Gasteiger charge is 2.23. The van der Waals surface area contributed by atoms with Crippen LogP contribution in [0.1, 0.15) is 37.5 Å². The van der Waals surface area contributed by atoms with E-state index in [2.05, 4.69) is 56.4 Å². The number of rotatable bonds is 2. The standard InChI is InChI=1S/C21H24N2OS/c1-12-10-13(2)17(14(3)11-12)15-8-7-9-16-18(15)22-20(25-16)23-19(24)21(4,5)6/h7-11H,1-6H3,(H,22,23,24). The number of thiazole rings is 1. The van der Waals surface area contributed by atoms with E-state index in [1.165, 1.54) is 33.6 Å². The van der Waals surface area contributed by atoms with Crippen molar-refractivity contribution in [3.05, 3.63) is 47.0 Å². The Kier molecular flexibility index (Phi) is 4.41. The van der Waals surface area contributed by atoms with Crippen LogP contribution in [0.2, 0.25) is 0 Å². The zero-order valence-electron chi connectivity index (χ0n) is 15.7. The van der Waals surface area contributed by atoms with Crippen LogP contribution in [-0.2, 0) is 4.79 Å². The quantitative estimate of drug-likeness (QED) is 0.626. The third-order valence-corrected chi connectivity index (χ3v) is 5.20. The van der Waals surface area contributed by atoms with Gasteiger partial charge in [-0.15, -0.1) is 0 Å². The average molecular weight is 353 g/mol. The van der Waals surface area contributed by atoms with Crippen LogP contribution in [0.3, 0.4) is 0 Å². The molecular formula is C21H24N2OS. The van der Waals surface area contributed by atoms with Crippen molar-refractivity contribution in [2.75, 3.05) is 5.32 Å². The number of carbonyl (C=O) groups excluding carboxylic acids is 1. The Hall–Kier alpha value is -2.20. The number of nitrogens with zero attached hydrogens (tertiary/aromatic N) is 1. The van der Waals surface area contributed by atoms with E-state index in [1.54, 1.807) is 0 Å². The molecule has 0 aliphatic heterocycles. The molecule has 25 heavy (non-hydrogen) atoms. The second-order valence-corrected chi connectivity index (χ2v) is 8.68. The SMILES string of the molecule is Cc1cc(C)c(-c2cccc3sc(NC(=O)C(C)(C)C)nc23)c(C)c1. The lowest BCUT2D eigenvalue weighted by Gasteiger charge is -2.15. The molecule has 1 heterocycles. The minimum Gasteiger partial charge on any atom is -0.301 e. The van der Waals surface area contributed by atoms with Crippen LogP contribution in [0.5, 0.6) is 0 Å². The molecule has 0 saturated carbocycles. The first-order valence-corrected chi connectivity index (χ1v) is 9.27. The Labute approximate surface area is 153 Å². The van der Waals surface area contributed by atoms with Crippen LogP contribution >= 0.6 is 11.3 Å². The zero-order chi connectivity index (χ0) is 18.4. The highest BCUT2D eigenvalue weighted by Crippen LogP contribution is 2.37. The first kappa shape index (κ1) is 17.6. The van der Waals surface area contributed by atoms with Gasteiger partial charge in [0.15, 0.2) is 5.13 Å². The summed E-state index contributed by atoms with van der Waals surface area (Å²) in [6.07, 6.45) is 0. The molecule has 4 heteroatoms. The van der Waals surface area contributed by atoms with Crippen molar-refractivity contribution in [2.24, 2.45) is 5.41 Å². The maximum Gasteiger partial charge on any atom is 0.231 e. The van der Waals surface area contributed by atoms with Crippen LogP contribution < -0.4 is 5.32 Å². The first-order valence-electron chi connectivity index (χ1n) is 8.46. The summed E-state index contributed by atoms with van der Waals surface area (Å²) in [4.78, 5) is 17.0. The van der Waals surface area contributed by atoms with Crippen molar-refractivity contribution in [3.8, 4) is 11.1 Å². The van der Waals surface area contributed by atoms with Gasteiger partial charge in [-0.25, -0.2) is 4.98 Å². The molecule has 1 amide bonds. The molecule has 0 radical (unpaired) electrons. The van der Waals surface area contributed by atoms with Gasteiger partial charge in [0.05, 0.1) is 10.2 Å². The summed E-state index contributed by atoms with van der Waals surface area (Å²) in [5.41, 5.74) is 6.63. The average Bonchev–Trinajstić information content (AvgIpc) is 2.88. The third kappa shape index (κ3) is 3.45. The van der Waals surface area contributed by atoms with Crippen molar-refractivity contribution in [1.82, 2.24) is 4.98 Å². The molecule has 0 spiro atoms. The first-order chi connectivity index (χ1) is 11.7. The van der Waals surface area contributed by atoms with E-state index in [0.29, 0.717) is 5.13 Å². The van der Waals surface area contributed by atoms with Gasteiger partial charge >= 0.3 is 0 Å². The van der Waals surface area contributed by atoms with Gasteiger partial charge in [0, 0.05) is 11.0 Å². The van der Waals surface area contributed by atoms with Gasteiger partial charge in [-0.2, -0.15) is 0 Å². The Morgan fingerprint density at radius 3 is 2.32 bits per heavy atom. The number of amides is 1. The van der Waals surface area contributed by atoms with Gasteiger partial charge in [-0.3, -0.25) is 4.79 Å². The van der Waals surface area contributed by atoms with E-state index < -0.39 is 5.41 Å². The molecule has 0 saturated heterocycles. The molecule has 1 N–H and O–H groups in total. The second-order valence-electron chi connectivity index (χ2n) is 7.65. The Morgan fingerprint density at radius 1 is 1.08 bits per heavy atom. The van der Waals surface area contributed by atoms with Crippen molar-refractivity contribution >= 4 is 32.6 Å². The van der Waals surface area contributed by atoms with E-state index in [1.807, 2.05) is 20.8 Å². The highest BCUT2D eigenvalue weighted by atomic mass is 32.1. The van der Waals surface area contributed by atoms with E-state index in [9.17, 15) is 4.79 Å². The summed E-state index contributed by atoms with van der Waals surface area (Å²) >= 11 is 1.52. The summed E-state index contributed by atoms with van der Waals surface area (Å²) in [5.74, 6) is -0.0178. The molecular weight excluding hydrogens is 328 g/mol. The van der Waals surface area contributed by atoms with Crippen molar-refractivity contribution in [3.63, 3.8) is 0 Å². The largest absolute Gasteiger partial charge is 0.301 e. The van der Waals surface area contributed by atoms with Crippen LogP contribution in [0.15, 0.2) is 30.3 Å². The Morgan fingerprint density at radius 2 is 1.72 bits per heavy atom. The maximum atomic E-state index is 12.3. The third-order valence-electron chi connectivity index (χ3n) is 4.27. The summed E-state index contributed by atoms with van der Waals surface area (Å²) in [7, 11) is 0. The molecule has 0 bridgehead atoms. The number of benzene rings is 2. The predicted octanol–water partition coefficient (Wildman–Crippen LogP) is 5.87. The van der Waals surface area contributed by atoms with Gasteiger partial charge in [-0.05, 0) is 43.5 Å². The van der Waals surface area contributed by atoms with Gasteiger partial charge in [0.2, 0.25) is 5.91 Å². The van der Waals surface area contributed by atoms with Crippen LogP contribution in [-0.4, -0.2) is 10.9 Å². The lowest BCUT2D eigenvalue weighted by molar-refractivity contribution is -0.123. The molecule has 0 fully saturated rings. The second kappa shape index (κ2) is 6.26. The molecule has 3 nitrogen and oxygen atoms in total. The lowest BCUT2D eigenvalue weighted by atomic mass is 9.93. The molecule has 3 rings (SSSR count). The molecule has 0 aliphatic carbocycles. The summed E-state index contributed by atoms with van der Waals surface area (Å²) in [6.45, 7) is 12.1. The fraction of sp³-hybridized carbons (Fsp3) is 0.333. The van der Waals surface area contributed by atoms with Crippen molar-refractivity contribution < 1.29 is 4.79 Å². The highest BCUT2D eigenvalue weighted by molar-refractivity contribution is 7.22. The molecule has 0 atom stereocenters. The zero-order valence-corrected chi connectivity index (χ0v) is 16.5. The topological polar surface area (TPSA) is 42.0 Å². The number of carbonyl (C=O) groups is 1. The van der Waals surface area contributed by atoms with Gasteiger partial charge in [-0.1, -0.05) is 61.9 Å². The smallest absolute Gasteiger partial charge is 0.231 e. The van der Waals surface area contributed by atoms with E-state index in [0.717, 1.165) is 15.8 Å². The van der Waals surface area contributed by atoms with Gasteiger partial charge in [0.25, 0.3) is 0 Å². The van der Waals surface area contributed by atoms with E-state index in [4.69, 9.17) is 4.98 Å². The summed E-state index contributed by atoms with van der Waals surface area (Å²) in [5, 5.41) is 3.61. The van der Waals surface area contributed by atoms with Crippen LogP contribution in [0.25, 0.3) is 21.3 Å². The molecule has 0 unspecified atom stereocenters. The molecule has 3 aromatic rings. The van der Waals surface area contributed by atoms with E-state index in [-0.39, 0.29) is 5.91 Å². The Bertz CT molecular complexity index is 941. The Balaban J connectivity index is 2.11. The predicted molar refractivity (Wildman–Crippen MR) is 107 cm³/mol. The number of hydrogen-bond donors (Lipinski definition) is 1. The number of aromatic nitrogens is 1. The minimum absolute atomic E-state index is 0.0178. The molecule has 130 valence electrons. The summed E-state index contributed by atoms with van der Waals surface area (Å²) < 4.78 is 1.08. The maximum absolute atomic E-state index is 12.3. The number of hydrogen-bond acceptors (Lipinski definition) is 3. The molecule has 1 aromatic heterocycles. The van der Waals surface area contributed by atoms with Crippen LogP contribution in [0, 0.1) is 26.2 Å². The monoisotopic (exact) mass is 352 g/mol. The summed E-state index contributed by atoms with van der Waals surface area (Å²) in [6, 6.07) is 10.6. The molecule has 2 aromatic carbocycles.